The van der Waals surface area contributed by atoms with E-state index in [9.17, 15) is 4.79 Å². The smallest absolute Gasteiger partial charge is 0.227 e. The van der Waals surface area contributed by atoms with E-state index in [-0.39, 0.29) is 11.3 Å². The molecule has 0 aromatic heterocycles. The summed E-state index contributed by atoms with van der Waals surface area (Å²) < 4.78 is 0. The van der Waals surface area contributed by atoms with E-state index in [2.05, 4.69) is 11.4 Å². The zero-order valence-corrected chi connectivity index (χ0v) is 8.88. The summed E-state index contributed by atoms with van der Waals surface area (Å²) in [5.74, 6) is 0.149. The first-order valence-electron chi connectivity index (χ1n) is 5.35. The molecule has 1 rings (SSSR count). The van der Waals surface area contributed by atoms with E-state index >= 15 is 0 Å². The highest BCUT2D eigenvalue weighted by Crippen LogP contribution is 2.39. The molecule has 80 valence electrons. The molecule has 0 radical (unpaired) electrons. The number of rotatable bonds is 5. The van der Waals surface area contributed by atoms with E-state index < -0.39 is 0 Å². The minimum atomic E-state index is -0.226. The van der Waals surface area contributed by atoms with E-state index in [1.807, 2.05) is 13.0 Å². The number of allylic oxidation sites excluding steroid dienone is 1. The second kappa shape index (κ2) is 5.15. The summed E-state index contributed by atoms with van der Waals surface area (Å²) >= 11 is 0. The maximum absolute atomic E-state index is 11.7. The van der Waals surface area contributed by atoms with Gasteiger partial charge in [0.05, 0.1) is 5.41 Å². The normalized spacial score (nSPS) is 19.3. The van der Waals surface area contributed by atoms with Crippen molar-refractivity contribution in [1.29, 1.82) is 0 Å². The first-order chi connectivity index (χ1) is 6.75. The Kier molecular flexibility index (Phi) is 4.14. The predicted molar refractivity (Wildman–Crippen MR) is 57.8 cm³/mol. The molecule has 3 heteroatoms. The molecule has 1 saturated carbocycles. The van der Waals surface area contributed by atoms with Crippen LogP contribution in [0.5, 0.6) is 0 Å². The van der Waals surface area contributed by atoms with Gasteiger partial charge in [0.1, 0.15) is 0 Å². The van der Waals surface area contributed by atoms with Crippen LogP contribution >= 0.6 is 0 Å². The summed E-state index contributed by atoms with van der Waals surface area (Å²) in [5, 5.41) is 2.94. The molecule has 14 heavy (non-hydrogen) atoms. The number of nitrogens with two attached hydrogens (primary N) is 1. The molecule has 1 aliphatic rings. The molecule has 0 aromatic rings. The van der Waals surface area contributed by atoms with Gasteiger partial charge in [-0.05, 0) is 26.2 Å². The Morgan fingerprint density at radius 3 is 2.71 bits per heavy atom. The van der Waals surface area contributed by atoms with Crippen LogP contribution in [-0.2, 0) is 4.79 Å². The van der Waals surface area contributed by atoms with E-state index in [1.165, 1.54) is 0 Å². The zero-order chi connectivity index (χ0) is 10.4. The van der Waals surface area contributed by atoms with Crippen LogP contribution in [0.4, 0.5) is 0 Å². The molecule has 3 N–H and O–H groups in total. The van der Waals surface area contributed by atoms with Crippen LogP contribution in [0, 0.1) is 5.41 Å². The van der Waals surface area contributed by atoms with E-state index in [1.54, 1.807) is 0 Å². The molecule has 1 aliphatic carbocycles. The van der Waals surface area contributed by atoms with Crippen LogP contribution in [0.2, 0.25) is 0 Å². The van der Waals surface area contributed by atoms with Crippen molar-refractivity contribution in [3.8, 4) is 0 Å². The highest BCUT2D eigenvalue weighted by Gasteiger charge is 2.42. The van der Waals surface area contributed by atoms with Gasteiger partial charge in [-0.25, -0.2) is 0 Å². The van der Waals surface area contributed by atoms with Crippen LogP contribution in [-0.4, -0.2) is 19.0 Å². The molecule has 1 fully saturated rings. The second-order valence-corrected chi connectivity index (χ2v) is 3.95. The monoisotopic (exact) mass is 196 g/mol. The maximum atomic E-state index is 11.7. The van der Waals surface area contributed by atoms with Crippen molar-refractivity contribution in [1.82, 2.24) is 5.32 Å². The van der Waals surface area contributed by atoms with Crippen LogP contribution in [0.3, 0.4) is 0 Å². The standard InChI is InChI=1S/C11H20N2O/c1-2-3-4-8-13-10(14)11(9-12)6-5-7-11/h2-3H,4-9,12H2,1H3,(H,13,14)/b3-2+. The lowest BCUT2D eigenvalue weighted by Gasteiger charge is -2.39. The Labute approximate surface area is 85.7 Å². The van der Waals surface area contributed by atoms with Gasteiger partial charge in [0, 0.05) is 13.1 Å². The van der Waals surface area contributed by atoms with Gasteiger partial charge in [-0.15, -0.1) is 0 Å². The summed E-state index contributed by atoms with van der Waals surface area (Å²) in [7, 11) is 0. The molecule has 0 aromatic carbocycles. The maximum Gasteiger partial charge on any atom is 0.227 e. The van der Waals surface area contributed by atoms with E-state index in [0.717, 1.165) is 32.2 Å². The molecule has 3 nitrogen and oxygen atoms in total. The molecule has 0 heterocycles. The average molecular weight is 196 g/mol. The zero-order valence-electron chi connectivity index (χ0n) is 8.88. The van der Waals surface area contributed by atoms with Gasteiger partial charge >= 0.3 is 0 Å². The highest BCUT2D eigenvalue weighted by atomic mass is 16.2. The quantitative estimate of drug-likeness (QED) is 0.513. The Morgan fingerprint density at radius 1 is 1.57 bits per heavy atom. The van der Waals surface area contributed by atoms with Crippen molar-refractivity contribution in [3.05, 3.63) is 12.2 Å². The molecule has 0 atom stereocenters. The third kappa shape index (κ3) is 2.35. The van der Waals surface area contributed by atoms with Crippen LogP contribution in [0.15, 0.2) is 12.2 Å². The number of hydrogen-bond donors (Lipinski definition) is 2. The Morgan fingerprint density at radius 2 is 2.29 bits per heavy atom. The molecule has 0 bridgehead atoms. The fourth-order valence-electron chi connectivity index (χ4n) is 1.75. The van der Waals surface area contributed by atoms with Gasteiger partial charge in [0.15, 0.2) is 0 Å². The van der Waals surface area contributed by atoms with Crippen molar-refractivity contribution in [2.45, 2.75) is 32.6 Å². The molecule has 0 spiro atoms. The van der Waals surface area contributed by atoms with Crippen molar-refractivity contribution >= 4 is 5.91 Å². The molecule has 0 aliphatic heterocycles. The molecule has 0 unspecified atom stereocenters. The first-order valence-corrected chi connectivity index (χ1v) is 5.35. The lowest BCUT2D eigenvalue weighted by Crippen LogP contribution is -2.50. The van der Waals surface area contributed by atoms with Crippen molar-refractivity contribution < 1.29 is 4.79 Å². The second-order valence-electron chi connectivity index (χ2n) is 3.95. The van der Waals surface area contributed by atoms with Crippen molar-refractivity contribution in [2.75, 3.05) is 13.1 Å². The lowest BCUT2D eigenvalue weighted by molar-refractivity contribution is -0.135. The van der Waals surface area contributed by atoms with E-state index in [0.29, 0.717) is 6.54 Å². The number of amides is 1. The van der Waals surface area contributed by atoms with Crippen LogP contribution in [0.25, 0.3) is 0 Å². The van der Waals surface area contributed by atoms with Crippen LogP contribution in [0.1, 0.15) is 32.6 Å². The number of nitrogens with one attached hydrogen (secondary N) is 1. The molecular weight excluding hydrogens is 176 g/mol. The van der Waals surface area contributed by atoms with Gasteiger partial charge in [0.2, 0.25) is 5.91 Å². The summed E-state index contributed by atoms with van der Waals surface area (Å²) in [6, 6.07) is 0. The van der Waals surface area contributed by atoms with Crippen molar-refractivity contribution in [2.24, 2.45) is 11.1 Å². The fourth-order valence-corrected chi connectivity index (χ4v) is 1.75. The third-order valence-electron chi connectivity index (χ3n) is 3.02. The summed E-state index contributed by atoms with van der Waals surface area (Å²) in [5.41, 5.74) is 5.40. The minimum absolute atomic E-state index is 0.149. The molecule has 0 saturated heterocycles. The molecular formula is C11H20N2O. The summed E-state index contributed by atoms with van der Waals surface area (Å²) in [4.78, 5) is 11.7. The number of carbonyl (C=O) groups is 1. The summed E-state index contributed by atoms with van der Waals surface area (Å²) in [6.45, 7) is 3.20. The van der Waals surface area contributed by atoms with Gasteiger partial charge < -0.3 is 11.1 Å². The first kappa shape index (κ1) is 11.2. The topological polar surface area (TPSA) is 55.1 Å². The van der Waals surface area contributed by atoms with Gasteiger partial charge in [-0.3, -0.25) is 4.79 Å². The van der Waals surface area contributed by atoms with Gasteiger partial charge in [0.25, 0.3) is 0 Å². The minimum Gasteiger partial charge on any atom is -0.355 e. The average Bonchev–Trinajstić information content (AvgIpc) is 2.12. The number of hydrogen-bond acceptors (Lipinski definition) is 2. The predicted octanol–water partition coefficient (Wildman–Crippen LogP) is 1.20. The highest BCUT2D eigenvalue weighted by molar-refractivity contribution is 5.83. The largest absolute Gasteiger partial charge is 0.355 e. The Balaban J connectivity index is 2.26. The lowest BCUT2D eigenvalue weighted by atomic mass is 9.68. The third-order valence-corrected chi connectivity index (χ3v) is 3.02. The van der Waals surface area contributed by atoms with Crippen molar-refractivity contribution in [3.63, 3.8) is 0 Å². The van der Waals surface area contributed by atoms with E-state index in [4.69, 9.17) is 5.73 Å². The van der Waals surface area contributed by atoms with Gasteiger partial charge in [-0.2, -0.15) is 0 Å². The Bertz CT molecular complexity index is 214. The van der Waals surface area contributed by atoms with Gasteiger partial charge in [-0.1, -0.05) is 18.6 Å². The SMILES string of the molecule is C/C=C/CCNC(=O)C1(CN)CCC1. The summed E-state index contributed by atoms with van der Waals surface area (Å²) in [6.07, 6.45) is 8.00. The number of carbonyl (C=O) groups excluding carboxylic acids is 1. The van der Waals surface area contributed by atoms with Crippen LogP contribution < -0.4 is 11.1 Å². The molecule has 1 amide bonds. The fraction of sp³-hybridized carbons (Fsp3) is 0.727. The Hall–Kier alpha value is -0.830.